The summed E-state index contributed by atoms with van der Waals surface area (Å²) in [5.41, 5.74) is 2.18. The van der Waals surface area contributed by atoms with Crippen molar-refractivity contribution in [1.82, 2.24) is 5.32 Å². The van der Waals surface area contributed by atoms with Gasteiger partial charge in [-0.3, -0.25) is 9.59 Å². The minimum atomic E-state index is -0.992. The van der Waals surface area contributed by atoms with Crippen molar-refractivity contribution in [1.29, 1.82) is 0 Å². The van der Waals surface area contributed by atoms with Gasteiger partial charge in [-0.25, -0.2) is 4.79 Å². The summed E-state index contributed by atoms with van der Waals surface area (Å²) in [7, 11) is 4.16. The Morgan fingerprint density at radius 2 is 1.91 bits per heavy atom. The van der Waals surface area contributed by atoms with E-state index in [0.717, 1.165) is 0 Å². The van der Waals surface area contributed by atoms with E-state index in [-0.39, 0.29) is 41.8 Å². The summed E-state index contributed by atoms with van der Waals surface area (Å²) in [5.74, 6) is -3.67. The summed E-state index contributed by atoms with van der Waals surface area (Å²) in [6.45, 7) is 3.80. The van der Waals surface area contributed by atoms with Crippen LogP contribution in [0.5, 0.6) is 11.5 Å². The molecule has 1 aliphatic heterocycles. The molecule has 0 saturated heterocycles. The van der Waals surface area contributed by atoms with Gasteiger partial charge in [-0.2, -0.15) is 0 Å². The van der Waals surface area contributed by atoms with Crippen molar-refractivity contribution < 1.29 is 38.4 Å². The fourth-order valence-corrected chi connectivity index (χ4v) is 4.47. The number of ether oxygens (including phenoxy) is 4. The molecule has 2 N–H and O–H groups in total. The summed E-state index contributed by atoms with van der Waals surface area (Å²) >= 11 is 0. The van der Waals surface area contributed by atoms with Gasteiger partial charge in [0.15, 0.2) is 17.3 Å². The van der Waals surface area contributed by atoms with Crippen LogP contribution in [0.1, 0.15) is 31.7 Å². The molecule has 9 nitrogen and oxygen atoms in total. The second-order valence-electron chi connectivity index (χ2n) is 8.10. The van der Waals surface area contributed by atoms with Crippen molar-refractivity contribution in [2.24, 2.45) is 11.8 Å². The standard InChI is InChI=1S/C24H29NO8/c1-12-10-15-21(22(27)18(12)23(28)32-5)20(14-6-7-17(31-4)16(26)11-14)19(13(2)25-15)24(29)33-9-8-30-3/h6-7,11-12,18,20,25-26H,8-10H2,1-5H3/t12-,18+,20-/m0/s1. The monoisotopic (exact) mass is 459 g/mol. The van der Waals surface area contributed by atoms with Gasteiger partial charge in [-0.1, -0.05) is 13.0 Å². The number of methoxy groups -OCH3 is 3. The van der Waals surface area contributed by atoms with E-state index in [9.17, 15) is 19.5 Å². The maximum atomic E-state index is 13.6. The molecule has 3 rings (SSSR count). The number of phenols is 1. The number of dihydropyridines is 1. The van der Waals surface area contributed by atoms with Crippen molar-refractivity contribution in [3.8, 4) is 11.5 Å². The van der Waals surface area contributed by atoms with E-state index in [1.165, 1.54) is 27.4 Å². The summed E-state index contributed by atoms with van der Waals surface area (Å²) in [6.07, 6.45) is 0.419. The van der Waals surface area contributed by atoms with Gasteiger partial charge < -0.3 is 29.4 Å². The third-order valence-corrected chi connectivity index (χ3v) is 6.02. The van der Waals surface area contributed by atoms with Gasteiger partial charge in [0.1, 0.15) is 12.5 Å². The highest BCUT2D eigenvalue weighted by Gasteiger charge is 2.47. The summed E-state index contributed by atoms with van der Waals surface area (Å²) in [5, 5.41) is 13.6. The molecule has 0 spiro atoms. The number of benzene rings is 1. The molecule has 0 radical (unpaired) electrons. The van der Waals surface area contributed by atoms with E-state index in [2.05, 4.69) is 5.32 Å². The molecule has 0 aromatic heterocycles. The molecule has 1 heterocycles. The SMILES string of the molecule is COCCOC(=O)C1=C(C)NC2=C(C(=O)[C@H](C(=O)OC)[C@@H](C)C2)[C@H]1c1ccc(OC)c(O)c1. The second-order valence-corrected chi connectivity index (χ2v) is 8.10. The Kier molecular flexibility index (Phi) is 7.43. The number of allylic oxidation sites excluding steroid dienone is 3. The average Bonchev–Trinajstić information content (AvgIpc) is 2.77. The molecule has 0 amide bonds. The zero-order valence-corrected chi connectivity index (χ0v) is 19.4. The molecule has 33 heavy (non-hydrogen) atoms. The van der Waals surface area contributed by atoms with Crippen molar-refractivity contribution >= 4 is 17.7 Å². The Morgan fingerprint density at radius 1 is 1.18 bits per heavy atom. The molecular formula is C24H29NO8. The van der Waals surface area contributed by atoms with Gasteiger partial charge in [0, 0.05) is 30.0 Å². The Hall–Kier alpha value is -3.33. The van der Waals surface area contributed by atoms with Crippen LogP contribution in [0.3, 0.4) is 0 Å². The molecular weight excluding hydrogens is 430 g/mol. The van der Waals surface area contributed by atoms with Crippen LogP contribution < -0.4 is 10.1 Å². The number of carbonyl (C=O) groups excluding carboxylic acids is 3. The molecule has 9 heteroatoms. The molecule has 178 valence electrons. The van der Waals surface area contributed by atoms with Gasteiger partial charge in [-0.15, -0.1) is 0 Å². The van der Waals surface area contributed by atoms with Gasteiger partial charge in [-0.05, 0) is 37.0 Å². The van der Waals surface area contributed by atoms with E-state index in [1.807, 2.05) is 6.92 Å². The third-order valence-electron chi connectivity index (χ3n) is 6.02. The van der Waals surface area contributed by atoms with E-state index in [0.29, 0.717) is 23.4 Å². The van der Waals surface area contributed by atoms with Crippen LogP contribution >= 0.6 is 0 Å². The highest BCUT2D eigenvalue weighted by molar-refractivity contribution is 6.12. The molecule has 1 aromatic carbocycles. The lowest BCUT2D eigenvalue weighted by Gasteiger charge is -2.38. The summed E-state index contributed by atoms with van der Waals surface area (Å²) in [6, 6.07) is 4.69. The summed E-state index contributed by atoms with van der Waals surface area (Å²) in [4.78, 5) is 39.2. The molecule has 0 unspecified atom stereocenters. The Balaban J connectivity index is 2.15. The number of phenolic OH excluding ortho intramolecular Hbond substituents is 1. The van der Waals surface area contributed by atoms with Crippen molar-refractivity contribution in [3.05, 3.63) is 46.3 Å². The van der Waals surface area contributed by atoms with E-state index < -0.39 is 29.6 Å². The number of nitrogens with one attached hydrogen (secondary N) is 1. The third kappa shape index (κ3) is 4.59. The number of ketones is 1. The lowest BCUT2D eigenvalue weighted by Crippen LogP contribution is -2.43. The van der Waals surface area contributed by atoms with Crippen molar-refractivity contribution in [2.75, 3.05) is 34.5 Å². The molecule has 0 fully saturated rings. The largest absolute Gasteiger partial charge is 0.504 e. The van der Waals surface area contributed by atoms with Crippen LogP contribution in [-0.2, 0) is 28.6 Å². The predicted octanol–water partition coefficient (Wildman–Crippen LogP) is 2.20. The zero-order chi connectivity index (χ0) is 24.3. The maximum Gasteiger partial charge on any atom is 0.336 e. The Morgan fingerprint density at radius 3 is 2.52 bits per heavy atom. The number of hydrogen-bond donors (Lipinski definition) is 2. The highest BCUT2D eigenvalue weighted by atomic mass is 16.6. The molecule has 2 aliphatic rings. The predicted molar refractivity (Wildman–Crippen MR) is 117 cm³/mol. The van der Waals surface area contributed by atoms with Gasteiger partial charge in [0.25, 0.3) is 0 Å². The average molecular weight is 459 g/mol. The normalized spacial score (nSPS) is 22.5. The number of esters is 2. The first kappa shape index (κ1) is 24.3. The van der Waals surface area contributed by atoms with E-state index >= 15 is 0 Å². The number of rotatable bonds is 7. The molecule has 1 aliphatic carbocycles. The van der Waals surface area contributed by atoms with Crippen LogP contribution in [0.15, 0.2) is 40.7 Å². The van der Waals surface area contributed by atoms with Crippen LogP contribution in [0.2, 0.25) is 0 Å². The Bertz CT molecular complexity index is 1030. The van der Waals surface area contributed by atoms with Crippen LogP contribution in [0, 0.1) is 11.8 Å². The molecule has 1 aromatic rings. The Labute approximate surface area is 192 Å². The fraction of sp³-hybridized carbons (Fsp3) is 0.458. The first-order valence-corrected chi connectivity index (χ1v) is 10.6. The second kappa shape index (κ2) is 10.1. The smallest absolute Gasteiger partial charge is 0.336 e. The first-order valence-electron chi connectivity index (χ1n) is 10.6. The van der Waals surface area contributed by atoms with Crippen molar-refractivity contribution in [2.45, 2.75) is 26.2 Å². The quantitative estimate of drug-likeness (QED) is 0.359. The minimum Gasteiger partial charge on any atom is -0.504 e. The zero-order valence-electron chi connectivity index (χ0n) is 19.4. The number of Topliss-reactive ketones (excluding diaryl/α,β-unsaturated/α-hetero) is 1. The van der Waals surface area contributed by atoms with Gasteiger partial charge >= 0.3 is 11.9 Å². The molecule has 3 atom stereocenters. The maximum absolute atomic E-state index is 13.6. The number of hydrogen-bond acceptors (Lipinski definition) is 9. The first-order chi connectivity index (χ1) is 15.7. The van der Waals surface area contributed by atoms with Crippen molar-refractivity contribution in [3.63, 3.8) is 0 Å². The highest BCUT2D eigenvalue weighted by Crippen LogP contribution is 2.46. The lowest BCUT2D eigenvalue weighted by molar-refractivity contribution is -0.151. The van der Waals surface area contributed by atoms with Crippen LogP contribution in [-0.4, -0.2) is 57.4 Å². The number of carbonyl (C=O) groups is 3. The number of aromatic hydroxyl groups is 1. The lowest BCUT2D eigenvalue weighted by atomic mass is 9.69. The van der Waals surface area contributed by atoms with E-state index in [1.54, 1.807) is 19.1 Å². The van der Waals surface area contributed by atoms with Gasteiger partial charge in [0.05, 0.1) is 26.4 Å². The van der Waals surface area contributed by atoms with Gasteiger partial charge in [0.2, 0.25) is 0 Å². The molecule has 0 saturated carbocycles. The topological polar surface area (TPSA) is 120 Å². The fourth-order valence-electron chi connectivity index (χ4n) is 4.47. The van der Waals surface area contributed by atoms with Crippen LogP contribution in [0.25, 0.3) is 0 Å². The van der Waals surface area contributed by atoms with Crippen LogP contribution in [0.4, 0.5) is 0 Å². The summed E-state index contributed by atoms with van der Waals surface area (Å²) < 4.78 is 20.3. The van der Waals surface area contributed by atoms with E-state index in [4.69, 9.17) is 18.9 Å². The minimum absolute atomic E-state index is 0.0361. The molecule has 0 bridgehead atoms.